The Balaban J connectivity index is 2.33. The van der Waals surface area contributed by atoms with E-state index in [4.69, 9.17) is 9.47 Å². The van der Waals surface area contributed by atoms with Gasteiger partial charge in [0, 0.05) is 12.6 Å². The first kappa shape index (κ1) is 23.5. The molecule has 0 saturated heterocycles. The Bertz CT molecular complexity index is 1030. The number of hydrogen-bond donors (Lipinski definition) is 1. The fourth-order valence-electron chi connectivity index (χ4n) is 2.63. The summed E-state index contributed by atoms with van der Waals surface area (Å²) in [5.41, 5.74) is -0.605. The molecule has 11 heteroatoms. The second-order valence-corrected chi connectivity index (χ2v) is 8.03. The van der Waals surface area contributed by atoms with Crippen molar-refractivity contribution < 1.29 is 35.9 Å². The zero-order chi connectivity index (χ0) is 22.5. The van der Waals surface area contributed by atoms with Crippen molar-refractivity contribution in [1.29, 1.82) is 0 Å². The molecular weight excluding hydrogens is 425 g/mol. The minimum atomic E-state index is -4.21. The molecule has 1 amide bonds. The molecule has 7 nitrogen and oxygen atoms in total. The predicted octanol–water partition coefficient (Wildman–Crippen LogP) is 3.16. The van der Waals surface area contributed by atoms with Crippen LogP contribution < -0.4 is 14.8 Å². The normalized spacial score (nSPS) is 11.4. The smallest absolute Gasteiger partial charge is 0.247 e. The molecule has 2 rings (SSSR count). The third kappa shape index (κ3) is 5.03. The van der Waals surface area contributed by atoms with Gasteiger partial charge in [-0.05, 0) is 30.7 Å². The maximum atomic E-state index is 13.8. The quantitative estimate of drug-likeness (QED) is 0.598. The lowest BCUT2D eigenvalue weighted by molar-refractivity contribution is -0.116. The average Bonchev–Trinajstić information content (AvgIpc) is 2.73. The first-order valence-electron chi connectivity index (χ1n) is 8.81. The van der Waals surface area contributed by atoms with Gasteiger partial charge in [-0.15, -0.1) is 0 Å². The van der Waals surface area contributed by atoms with Gasteiger partial charge in [0.25, 0.3) is 0 Å². The summed E-state index contributed by atoms with van der Waals surface area (Å²) < 4.78 is 77.5. The van der Waals surface area contributed by atoms with E-state index in [2.05, 4.69) is 5.32 Å². The summed E-state index contributed by atoms with van der Waals surface area (Å²) in [5, 5.41) is 2.06. The summed E-state index contributed by atoms with van der Waals surface area (Å²) in [7, 11) is -1.55. The fraction of sp³-hybridized carbons (Fsp3) is 0.316. The van der Waals surface area contributed by atoms with Crippen LogP contribution in [-0.4, -0.2) is 45.9 Å². The zero-order valence-corrected chi connectivity index (χ0v) is 17.4. The van der Waals surface area contributed by atoms with Crippen LogP contribution in [0, 0.1) is 17.5 Å². The van der Waals surface area contributed by atoms with Crippen LogP contribution in [-0.2, 0) is 14.8 Å². The minimum Gasteiger partial charge on any atom is -0.497 e. The molecule has 0 unspecified atom stereocenters. The number of anilines is 1. The van der Waals surface area contributed by atoms with Crippen LogP contribution in [0.3, 0.4) is 0 Å². The maximum absolute atomic E-state index is 13.8. The Morgan fingerprint density at radius 3 is 2.37 bits per heavy atom. The molecule has 0 heterocycles. The van der Waals surface area contributed by atoms with Gasteiger partial charge in [0.05, 0.1) is 26.5 Å². The van der Waals surface area contributed by atoms with E-state index in [0.717, 1.165) is 10.4 Å². The van der Waals surface area contributed by atoms with E-state index in [-0.39, 0.29) is 22.9 Å². The van der Waals surface area contributed by atoms with Crippen molar-refractivity contribution in [3.05, 3.63) is 47.8 Å². The van der Waals surface area contributed by atoms with Gasteiger partial charge in [0.15, 0.2) is 17.5 Å². The molecule has 164 valence electrons. The molecule has 0 fully saturated rings. The number of carbonyl (C=O) groups excluding carboxylic acids is 1. The van der Waals surface area contributed by atoms with E-state index < -0.39 is 45.6 Å². The number of amides is 1. The van der Waals surface area contributed by atoms with Crippen molar-refractivity contribution in [2.45, 2.75) is 18.2 Å². The van der Waals surface area contributed by atoms with Crippen molar-refractivity contribution >= 4 is 21.6 Å². The van der Waals surface area contributed by atoms with E-state index in [1.165, 1.54) is 32.4 Å². The minimum absolute atomic E-state index is 0.0314. The Kier molecular flexibility index (Phi) is 7.68. The van der Waals surface area contributed by atoms with Crippen LogP contribution in [0.25, 0.3) is 0 Å². The lowest BCUT2D eigenvalue weighted by Crippen LogP contribution is -2.38. The number of hydrogen-bond acceptors (Lipinski definition) is 5. The van der Waals surface area contributed by atoms with Crippen molar-refractivity contribution in [3.8, 4) is 11.5 Å². The Morgan fingerprint density at radius 2 is 1.77 bits per heavy atom. The summed E-state index contributed by atoms with van der Waals surface area (Å²) in [6.07, 6.45) is 0.373. The fourth-order valence-corrected chi connectivity index (χ4v) is 4.29. The molecule has 0 radical (unpaired) electrons. The molecule has 0 bridgehead atoms. The third-order valence-corrected chi connectivity index (χ3v) is 5.96. The summed E-state index contributed by atoms with van der Waals surface area (Å²) >= 11 is 0. The average molecular weight is 446 g/mol. The summed E-state index contributed by atoms with van der Waals surface area (Å²) in [6, 6.07) is 5.67. The van der Waals surface area contributed by atoms with Gasteiger partial charge >= 0.3 is 0 Å². The standard InChI is InChI=1S/C19H21F3N2O5S/c1-4-9-24(11-17(25)23-14-7-6-13(20)18(21)19(14)22)30(26,27)16-10-12(28-2)5-8-15(16)29-3/h5-8,10H,4,9,11H2,1-3H3,(H,23,25). The van der Waals surface area contributed by atoms with Crippen LogP contribution in [0.4, 0.5) is 18.9 Å². The van der Waals surface area contributed by atoms with Gasteiger partial charge < -0.3 is 14.8 Å². The van der Waals surface area contributed by atoms with Crippen LogP contribution in [0.5, 0.6) is 11.5 Å². The summed E-state index contributed by atoms with van der Waals surface area (Å²) in [6.45, 7) is 0.990. The first-order chi connectivity index (χ1) is 14.1. The first-order valence-corrected chi connectivity index (χ1v) is 10.2. The third-order valence-electron chi connectivity index (χ3n) is 4.09. The van der Waals surface area contributed by atoms with Gasteiger partial charge in [-0.2, -0.15) is 4.31 Å². The van der Waals surface area contributed by atoms with E-state index in [1.807, 2.05) is 0 Å². The van der Waals surface area contributed by atoms with Gasteiger partial charge in [-0.1, -0.05) is 6.92 Å². The monoisotopic (exact) mass is 446 g/mol. The molecule has 0 aliphatic rings. The second-order valence-electron chi connectivity index (χ2n) is 6.13. The molecular formula is C19H21F3N2O5S. The number of benzene rings is 2. The number of carbonyl (C=O) groups is 1. The van der Waals surface area contributed by atoms with E-state index >= 15 is 0 Å². The van der Waals surface area contributed by atoms with Crippen LogP contribution in [0.15, 0.2) is 35.2 Å². The number of rotatable bonds is 9. The van der Waals surface area contributed by atoms with Gasteiger partial charge in [0.2, 0.25) is 15.9 Å². The highest BCUT2D eigenvalue weighted by atomic mass is 32.2. The van der Waals surface area contributed by atoms with E-state index in [1.54, 1.807) is 6.92 Å². The molecule has 0 spiro atoms. The number of nitrogens with zero attached hydrogens (tertiary/aromatic N) is 1. The lowest BCUT2D eigenvalue weighted by atomic mass is 10.2. The molecule has 0 aliphatic carbocycles. The van der Waals surface area contributed by atoms with Crippen LogP contribution in [0.1, 0.15) is 13.3 Å². The predicted molar refractivity (Wildman–Crippen MR) is 104 cm³/mol. The van der Waals surface area contributed by atoms with Crippen molar-refractivity contribution in [2.24, 2.45) is 0 Å². The number of methoxy groups -OCH3 is 2. The highest BCUT2D eigenvalue weighted by molar-refractivity contribution is 7.89. The van der Waals surface area contributed by atoms with Crippen molar-refractivity contribution in [3.63, 3.8) is 0 Å². The molecule has 2 aromatic rings. The topological polar surface area (TPSA) is 84.9 Å². The number of sulfonamides is 1. The Labute approximate surface area is 172 Å². The Morgan fingerprint density at radius 1 is 1.07 bits per heavy atom. The van der Waals surface area contributed by atoms with Crippen molar-refractivity contribution in [2.75, 3.05) is 32.6 Å². The highest BCUT2D eigenvalue weighted by Crippen LogP contribution is 2.30. The van der Waals surface area contributed by atoms with Crippen molar-refractivity contribution in [1.82, 2.24) is 4.31 Å². The van der Waals surface area contributed by atoms with Gasteiger partial charge in [0.1, 0.15) is 16.4 Å². The molecule has 2 aromatic carbocycles. The molecule has 1 N–H and O–H groups in total. The van der Waals surface area contributed by atoms with Crippen LogP contribution in [0.2, 0.25) is 0 Å². The van der Waals surface area contributed by atoms with Gasteiger partial charge in [-0.25, -0.2) is 21.6 Å². The lowest BCUT2D eigenvalue weighted by Gasteiger charge is -2.22. The maximum Gasteiger partial charge on any atom is 0.247 e. The van der Waals surface area contributed by atoms with Crippen LogP contribution >= 0.6 is 0 Å². The number of ether oxygens (including phenoxy) is 2. The molecule has 0 aromatic heterocycles. The number of nitrogens with one attached hydrogen (secondary N) is 1. The summed E-state index contributed by atoms with van der Waals surface area (Å²) in [4.78, 5) is 12.1. The van der Waals surface area contributed by atoms with Gasteiger partial charge in [-0.3, -0.25) is 4.79 Å². The molecule has 0 atom stereocenters. The largest absolute Gasteiger partial charge is 0.497 e. The molecule has 0 aliphatic heterocycles. The van der Waals surface area contributed by atoms with E-state index in [0.29, 0.717) is 12.5 Å². The summed E-state index contributed by atoms with van der Waals surface area (Å²) in [5.74, 6) is -5.36. The van der Waals surface area contributed by atoms with E-state index in [9.17, 15) is 26.4 Å². The SMILES string of the molecule is CCCN(CC(=O)Nc1ccc(F)c(F)c1F)S(=O)(=O)c1cc(OC)ccc1OC. The molecule has 30 heavy (non-hydrogen) atoms. The Hall–Kier alpha value is -2.79. The zero-order valence-electron chi connectivity index (χ0n) is 16.5. The second kappa shape index (κ2) is 9.81. The molecule has 0 saturated carbocycles. The highest BCUT2D eigenvalue weighted by Gasteiger charge is 2.30. The number of halogens is 3.